The minimum Gasteiger partial charge on any atom is -0.469 e. The van der Waals surface area contributed by atoms with Gasteiger partial charge < -0.3 is 9.64 Å². The molecular formula is C9H16BrNO3. The molecule has 0 bridgehead atoms. The summed E-state index contributed by atoms with van der Waals surface area (Å²) in [5.74, 6) is -0.141. The number of rotatable bonds is 6. The van der Waals surface area contributed by atoms with Crippen LogP contribution < -0.4 is 0 Å². The minimum absolute atomic E-state index is 0.0896. The lowest BCUT2D eigenvalue weighted by atomic mass is 10.3. The summed E-state index contributed by atoms with van der Waals surface area (Å²) in [5.41, 5.74) is 0. The van der Waals surface area contributed by atoms with Crippen LogP contribution in [0.2, 0.25) is 0 Å². The molecule has 14 heavy (non-hydrogen) atoms. The molecule has 4 nitrogen and oxygen atoms in total. The Labute approximate surface area is 92.7 Å². The zero-order valence-corrected chi connectivity index (χ0v) is 10.2. The van der Waals surface area contributed by atoms with Crippen molar-refractivity contribution in [1.29, 1.82) is 0 Å². The van der Waals surface area contributed by atoms with Crippen molar-refractivity contribution < 1.29 is 14.3 Å². The topological polar surface area (TPSA) is 46.6 Å². The van der Waals surface area contributed by atoms with Gasteiger partial charge in [-0.2, -0.15) is 0 Å². The van der Waals surface area contributed by atoms with Gasteiger partial charge >= 0.3 is 5.97 Å². The third-order valence-electron chi connectivity index (χ3n) is 1.84. The molecular weight excluding hydrogens is 250 g/mol. The van der Waals surface area contributed by atoms with Crippen LogP contribution in [0, 0.1) is 0 Å². The van der Waals surface area contributed by atoms with Gasteiger partial charge in [0.25, 0.3) is 0 Å². The van der Waals surface area contributed by atoms with Crippen LogP contribution in [-0.4, -0.2) is 42.8 Å². The van der Waals surface area contributed by atoms with Crippen LogP contribution in [0.5, 0.6) is 0 Å². The molecule has 0 unspecified atom stereocenters. The van der Waals surface area contributed by atoms with Crippen LogP contribution in [0.1, 0.15) is 19.3 Å². The van der Waals surface area contributed by atoms with Gasteiger partial charge in [0.2, 0.25) is 5.91 Å². The number of ether oxygens (including phenoxy) is 1. The van der Waals surface area contributed by atoms with Crippen molar-refractivity contribution in [1.82, 2.24) is 4.90 Å². The Balaban J connectivity index is 3.58. The van der Waals surface area contributed by atoms with Crippen molar-refractivity contribution in [2.75, 3.05) is 26.0 Å². The third-order valence-corrected chi connectivity index (χ3v) is 2.23. The number of alkyl halides is 1. The average Bonchev–Trinajstić information content (AvgIpc) is 2.17. The van der Waals surface area contributed by atoms with Crippen molar-refractivity contribution >= 4 is 27.8 Å². The number of halogens is 1. The summed E-state index contributed by atoms with van der Waals surface area (Å²) in [7, 11) is 3.10. The Morgan fingerprint density at radius 2 is 2.00 bits per heavy atom. The predicted molar refractivity (Wildman–Crippen MR) is 57.3 cm³/mol. The number of nitrogens with zero attached hydrogens (tertiary/aromatic N) is 1. The summed E-state index contributed by atoms with van der Waals surface area (Å²) in [5, 5.41) is 0.674. The maximum Gasteiger partial charge on any atom is 0.305 e. The van der Waals surface area contributed by atoms with Crippen molar-refractivity contribution in [3.63, 3.8) is 0 Å². The van der Waals surface area contributed by atoms with Crippen LogP contribution in [0.4, 0.5) is 0 Å². The number of esters is 1. The predicted octanol–water partition coefficient (Wildman–Crippen LogP) is 1.18. The molecule has 0 aliphatic heterocycles. The average molecular weight is 266 g/mol. The zero-order valence-electron chi connectivity index (χ0n) is 8.59. The molecule has 82 valence electrons. The maximum absolute atomic E-state index is 11.3. The van der Waals surface area contributed by atoms with Gasteiger partial charge in [-0.1, -0.05) is 15.9 Å². The van der Waals surface area contributed by atoms with Gasteiger partial charge in [-0.25, -0.2) is 0 Å². The standard InChI is InChI=1S/C9H16BrNO3/c1-11(8(12)5-6-10)7-3-4-9(13)14-2/h3-7H2,1-2H3. The van der Waals surface area contributed by atoms with E-state index in [2.05, 4.69) is 20.7 Å². The second-order valence-electron chi connectivity index (χ2n) is 2.93. The zero-order chi connectivity index (χ0) is 11.0. The smallest absolute Gasteiger partial charge is 0.305 e. The molecule has 0 atom stereocenters. The first kappa shape index (κ1) is 13.4. The fraction of sp³-hybridized carbons (Fsp3) is 0.778. The summed E-state index contributed by atoms with van der Waals surface area (Å²) >= 11 is 3.20. The number of hydrogen-bond donors (Lipinski definition) is 0. The van der Waals surface area contributed by atoms with Crippen LogP contribution in [-0.2, 0) is 14.3 Å². The molecule has 0 rings (SSSR count). The van der Waals surface area contributed by atoms with Crippen LogP contribution in [0.3, 0.4) is 0 Å². The Morgan fingerprint density at radius 1 is 1.36 bits per heavy atom. The SMILES string of the molecule is COC(=O)CCCN(C)C(=O)CCBr. The monoisotopic (exact) mass is 265 g/mol. The molecule has 0 aromatic heterocycles. The molecule has 5 heteroatoms. The lowest BCUT2D eigenvalue weighted by Gasteiger charge is -2.15. The van der Waals surface area contributed by atoms with E-state index in [1.165, 1.54) is 7.11 Å². The fourth-order valence-electron chi connectivity index (χ4n) is 0.959. The molecule has 0 N–H and O–H groups in total. The largest absolute Gasteiger partial charge is 0.469 e. The van der Waals surface area contributed by atoms with Crippen molar-refractivity contribution in [3.8, 4) is 0 Å². The second kappa shape index (κ2) is 7.79. The summed E-state index contributed by atoms with van der Waals surface area (Å²) in [6, 6.07) is 0. The van der Waals surface area contributed by atoms with Crippen molar-refractivity contribution in [2.24, 2.45) is 0 Å². The summed E-state index contributed by atoms with van der Waals surface area (Å²) in [6.07, 6.45) is 1.51. The summed E-state index contributed by atoms with van der Waals surface area (Å²) in [4.78, 5) is 23.7. The molecule has 0 aromatic rings. The maximum atomic E-state index is 11.3. The Kier molecular flexibility index (Phi) is 7.47. The Bertz CT molecular complexity index is 196. The van der Waals surface area contributed by atoms with Crippen molar-refractivity contribution in [2.45, 2.75) is 19.3 Å². The summed E-state index contributed by atoms with van der Waals surface area (Å²) in [6.45, 7) is 0.598. The third kappa shape index (κ3) is 5.96. The highest BCUT2D eigenvalue weighted by Crippen LogP contribution is 1.98. The Morgan fingerprint density at radius 3 is 2.50 bits per heavy atom. The molecule has 0 aromatic carbocycles. The first-order valence-corrected chi connectivity index (χ1v) is 5.60. The first-order chi connectivity index (χ1) is 6.61. The fourth-order valence-corrected chi connectivity index (χ4v) is 1.30. The molecule has 0 fully saturated rings. The molecule has 1 amide bonds. The molecule has 0 spiro atoms. The highest BCUT2D eigenvalue weighted by molar-refractivity contribution is 9.09. The highest BCUT2D eigenvalue weighted by Gasteiger charge is 2.08. The van der Waals surface area contributed by atoms with Gasteiger partial charge in [0, 0.05) is 31.8 Å². The van der Waals surface area contributed by atoms with Gasteiger partial charge in [0.15, 0.2) is 0 Å². The molecule has 0 saturated carbocycles. The van der Waals surface area contributed by atoms with Gasteiger partial charge in [-0.15, -0.1) is 0 Å². The van der Waals surface area contributed by atoms with E-state index in [0.29, 0.717) is 31.1 Å². The molecule has 0 radical (unpaired) electrons. The lowest BCUT2D eigenvalue weighted by molar-refractivity contribution is -0.141. The van der Waals surface area contributed by atoms with Gasteiger partial charge in [0.1, 0.15) is 0 Å². The molecule has 0 aliphatic rings. The van der Waals surface area contributed by atoms with E-state index in [0.717, 1.165) is 0 Å². The van der Waals surface area contributed by atoms with Crippen LogP contribution >= 0.6 is 15.9 Å². The number of carbonyl (C=O) groups excluding carboxylic acids is 2. The molecule has 0 heterocycles. The first-order valence-electron chi connectivity index (χ1n) is 4.48. The number of amides is 1. The Hall–Kier alpha value is -0.580. The molecule has 0 saturated heterocycles. The van der Waals surface area contributed by atoms with Crippen LogP contribution in [0.25, 0.3) is 0 Å². The van der Waals surface area contributed by atoms with E-state index in [1.54, 1.807) is 11.9 Å². The lowest BCUT2D eigenvalue weighted by Crippen LogP contribution is -2.28. The number of hydrogen-bond acceptors (Lipinski definition) is 3. The number of methoxy groups -OCH3 is 1. The van der Waals surface area contributed by atoms with E-state index in [1.807, 2.05) is 0 Å². The van der Waals surface area contributed by atoms with Crippen molar-refractivity contribution in [3.05, 3.63) is 0 Å². The number of carbonyl (C=O) groups is 2. The molecule has 0 aliphatic carbocycles. The highest BCUT2D eigenvalue weighted by atomic mass is 79.9. The van der Waals surface area contributed by atoms with Gasteiger partial charge in [-0.3, -0.25) is 9.59 Å². The van der Waals surface area contributed by atoms with Gasteiger partial charge in [0.05, 0.1) is 7.11 Å². The van der Waals surface area contributed by atoms with E-state index in [9.17, 15) is 9.59 Å². The van der Waals surface area contributed by atoms with E-state index >= 15 is 0 Å². The van der Waals surface area contributed by atoms with Gasteiger partial charge in [-0.05, 0) is 6.42 Å². The van der Waals surface area contributed by atoms with E-state index < -0.39 is 0 Å². The second-order valence-corrected chi connectivity index (χ2v) is 3.73. The van der Waals surface area contributed by atoms with E-state index in [4.69, 9.17) is 0 Å². The quantitative estimate of drug-likeness (QED) is 0.535. The summed E-state index contributed by atoms with van der Waals surface area (Å²) < 4.78 is 4.49. The van der Waals surface area contributed by atoms with E-state index in [-0.39, 0.29) is 11.9 Å². The minimum atomic E-state index is -0.230. The normalized spacial score (nSPS) is 9.64. The van der Waals surface area contributed by atoms with Crippen LogP contribution in [0.15, 0.2) is 0 Å².